The minimum atomic E-state index is -0.263. The number of nitrogens with one attached hydrogen (secondary N) is 1. The van der Waals surface area contributed by atoms with E-state index in [4.69, 9.17) is 0 Å². The van der Waals surface area contributed by atoms with Crippen molar-refractivity contribution in [3.63, 3.8) is 0 Å². The SMILES string of the molecule is Cc1cc2nc(C)c(CCC(=O)NC3CCSc4ccc(F)cc43)c(C)n2n1. The topological polar surface area (TPSA) is 59.3 Å². The van der Waals surface area contributed by atoms with Crippen molar-refractivity contribution < 1.29 is 9.18 Å². The number of carbonyl (C=O) groups is 1. The fourth-order valence-electron chi connectivity index (χ4n) is 3.82. The molecule has 0 saturated carbocycles. The molecule has 1 atom stereocenters. The van der Waals surface area contributed by atoms with Gasteiger partial charge in [0.2, 0.25) is 5.91 Å². The lowest BCUT2D eigenvalue weighted by atomic mass is 10.0. The molecule has 0 bridgehead atoms. The van der Waals surface area contributed by atoms with Crippen LogP contribution in [0.15, 0.2) is 29.2 Å². The summed E-state index contributed by atoms with van der Waals surface area (Å²) >= 11 is 1.71. The normalized spacial score (nSPS) is 16.2. The van der Waals surface area contributed by atoms with E-state index in [1.54, 1.807) is 23.9 Å². The van der Waals surface area contributed by atoms with Crippen molar-refractivity contribution in [1.82, 2.24) is 19.9 Å². The highest BCUT2D eigenvalue weighted by atomic mass is 32.2. The maximum atomic E-state index is 13.7. The molecule has 1 unspecified atom stereocenters. The van der Waals surface area contributed by atoms with Gasteiger partial charge in [-0.2, -0.15) is 5.10 Å². The molecule has 0 fully saturated rings. The predicted octanol–water partition coefficient (Wildman–Crippen LogP) is 4.08. The Morgan fingerprint density at radius 1 is 1.32 bits per heavy atom. The van der Waals surface area contributed by atoms with Crippen LogP contribution in [-0.4, -0.2) is 26.3 Å². The molecule has 7 heteroatoms. The van der Waals surface area contributed by atoms with E-state index in [1.165, 1.54) is 6.07 Å². The van der Waals surface area contributed by atoms with Crippen molar-refractivity contribution >= 4 is 23.3 Å². The number of nitrogens with zero attached hydrogens (tertiary/aromatic N) is 3. The maximum Gasteiger partial charge on any atom is 0.220 e. The van der Waals surface area contributed by atoms with Crippen molar-refractivity contribution in [2.45, 2.75) is 51.0 Å². The molecule has 1 aromatic carbocycles. The monoisotopic (exact) mass is 398 g/mol. The highest BCUT2D eigenvalue weighted by Gasteiger charge is 2.23. The van der Waals surface area contributed by atoms with Gasteiger partial charge < -0.3 is 5.32 Å². The van der Waals surface area contributed by atoms with Crippen LogP contribution in [-0.2, 0) is 11.2 Å². The average Bonchev–Trinajstić information content (AvgIpc) is 3.02. The largest absolute Gasteiger partial charge is 0.349 e. The maximum absolute atomic E-state index is 13.7. The Morgan fingerprint density at radius 2 is 2.14 bits per heavy atom. The molecule has 1 aliphatic rings. The zero-order chi connectivity index (χ0) is 19.8. The van der Waals surface area contributed by atoms with Crippen LogP contribution >= 0.6 is 11.8 Å². The van der Waals surface area contributed by atoms with Gasteiger partial charge in [0.05, 0.1) is 11.7 Å². The molecule has 1 aliphatic heterocycles. The average molecular weight is 399 g/mol. The first-order chi connectivity index (χ1) is 13.4. The number of rotatable bonds is 4. The van der Waals surface area contributed by atoms with Crippen LogP contribution in [0, 0.1) is 26.6 Å². The van der Waals surface area contributed by atoms with Crippen molar-refractivity contribution in [2.24, 2.45) is 0 Å². The highest BCUT2D eigenvalue weighted by Crippen LogP contribution is 2.36. The van der Waals surface area contributed by atoms with Crippen molar-refractivity contribution in [3.8, 4) is 0 Å². The molecule has 5 nitrogen and oxygen atoms in total. The summed E-state index contributed by atoms with van der Waals surface area (Å²) in [5, 5.41) is 7.58. The molecular weight excluding hydrogens is 375 g/mol. The summed E-state index contributed by atoms with van der Waals surface area (Å²) in [6.45, 7) is 5.93. The number of amides is 1. The summed E-state index contributed by atoms with van der Waals surface area (Å²) in [5.41, 5.74) is 5.64. The Labute approximate surface area is 167 Å². The second-order valence-electron chi connectivity index (χ2n) is 7.26. The zero-order valence-electron chi connectivity index (χ0n) is 16.3. The molecule has 1 N–H and O–H groups in total. The van der Waals surface area contributed by atoms with E-state index in [9.17, 15) is 9.18 Å². The van der Waals surface area contributed by atoms with Gasteiger partial charge in [0, 0.05) is 34.5 Å². The summed E-state index contributed by atoms with van der Waals surface area (Å²) < 4.78 is 15.5. The Balaban J connectivity index is 1.47. The Kier molecular flexibility index (Phi) is 5.10. The molecule has 0 aliphatic carbocycles. The van der Waals surface area contributed by atoms with Crippen LogP contribution in [0.4, 0.5) is 4.39 Å². The molecule has 28 heavy (non-hydrogen) atoms. The smallest absolute Gasteiger partial charge is 0.220 e. The quantitative estimate of drug-likeness (QED) is 0.719. The van der Waals surface area contributed by atoms with Gasteiger partial charge >= 0.3 is 0 Å². The minimum Gasteiger partial charge on any atom is -0.349 e. The van der Waals surface area contributed by atoms with E-state index < -0.39 is 0 Å². The van der Waals surface area contributed by atoms with Crippen molar-refractivity contribution in [1.29, 1.82) is 0 Å². The first-order valence-corrected chi connectivity index (χ1v) is 10.4. The van der Waals surface area contributed by atoms with Crippen LogP contribution in [0.5, 0.6) is 0 Å². The minimum absolute atomic E-state index is 0.0253. The number of hydrogen-bond acceptors (Lipinski definition) is 4. The van der Waals surface area contributed by atoms with Gasteiger partial charge in [-0.05, 0) is 62.9 Å². The number of aromatic nitrogens is 3. The van der Waals surface area contributed by atoms with Gasteiger partial charge in [0.15, 0.2) is 5.65 Å². The van der Waals surface area contributed by atoms with Crippen LogP contribution in [0.2, 0.25) is 0 Å². The summed E-state index contributed by atoms with van der Waals surface area (Å²) in [5.74, 6) is 0.629. The van der Waals surface area contributed by atoms with E-state index >= 15 is 0 Å². The van der Waals surface area contributed by atoms with Crippen LogP contribution < -0.4 is 5.32 Å². The van der Waals surface area contributed by atoms with E-state index in [0.717, 1.165) is 50.9 Å². The molecule has 2 aromatic heterocycles. The number of carbonyl (C=O) groups excluding carboxylic acids is 1. The lowest BCUT2D eigenvalue weighted by molar-refractivity contribution is -0.121. The van der Waals surface area contributed by atoms with Gasteiger partial charge in [-0.15, -0.1) is 11.8 Å². The second-order valence-corrected chi connectivity index (χ2v) is 8.39. The summed E-state index contributed by atoms with van der Waals surface area (Å²) in [6.07, 6.45) is 1.78. The Hall–Kier alpha value is -2.41. The van der Waals surface area contributed by atoms with Gasteiger partial charge in [0.25, 0.3) is 0 Å². The molecule has 0 saturated heterocycles. The number of halogens is 1. The van der Waals surface area contributed by atoms with E-state index in [0.29, 0.717) is 12.8 Å². The number of fused-ring (bicyclic) bond motifs is 2. The molecular formula is C21H23FN4OS. The summed E-state index contributed by atoms with van der Waals surface area (Å²) in [7, 11) is 0. The molecule has 0 radical (unpaired) electrons. The molecule has 0 spiro atoms. The highest BCUT2D eigenvalue weighted by molar-refractivity contribution is 7.99. The van der Waals surface area contributed by atoms with Gasteiger partial charge in [-0.1, -0.05) is 0 Å². The van der Waals surface area contributed by atoms with Crippen LogP contribution in [0.3, 0.4) is 0 Å². The third-order valence-electron chi connectivity index (χ3n) is 5.23. The lowest BCUT2D eigenvalue weighted by Crippen LogP contribution is -2.31. The standard InChI is InChI=1S/C21H23FN4OS/c1-12-10-20-23-13(2)16(14(3)26(20)25-12)5-7-21(27)24-18-8-9-28-19-6-4-15(22)11-17(18)19/h4,6,10-11,18H,5,7-9H2,1-3H3,(H,24,27). The first-order valence-electron chi connectivity index (χ1n) is 9.46. The molecule has 3 aromatic rings. The van der Waals surface area contributed by atoms with Gasteiger partial charge in [-0.25, -0.2) is 13.9 Å². The van der Waals surface area contributed by atoms with E-state index in [-0.39, 0.29) is 17.8 Å². The fourth-order valence-corrected chi connectivity index (χ4v) is 4.93. The molecule has 4 rings (SSSR count). The van der Waals surface area contributed by atoms with Gasteiger partial charge in [-0.3, -0.25) is 4.79 Å². The number of aryl methyl sites for hydroxylation is 3. The van der Waals surface area contributed by atoms with Gasteiger partial charge in [0.1, 0.15) is 5.82 Å². The Morgan fingerprint density at radius 3 is 2.96 bits per heavy atom. The Bertz CT molecular complexity index is 1060. The molecule has 3 heterocycles. The summed E-state index contributed by atoms with van der Waals surface area (Å²) in [6, 6.07) is 6.64. The first kappa shape index (κ1) is 18.9. The number of thioether (sulfide) groups is 1. The zero-order valence-corrected chi connectivity index (χ0v) is 17.1. The lowest BCUT2D eigenvalue weighted by Gasteiger charge is -2.26. The van der Waals surface area contributed by atoms with Crippen molar-refractivity contribution in [2.75, 3.05) is 5.75 Å². The third-order valence-corrected chi connectivity index (χ3v) is 6.36. The molecule has 146 valence electrons. The molecule has 1 amide bonds. The van der Waals surface area contributed by atoms with E-state index in [2.05, 4.69) is 15.4 Å². The second kappa shape index (κ2) is 7.54. The van der Waals surface area contributed by atoms with Crippen molar-refractivity contribution in [3.05, 3.63) is 58.3 Å². The van der Waals surface area contributed by atoms with Crippen LogP contribution in [0.1, 0.15) is 47.1 Å². The number of hydrogen-bond donors (Lipinski definition) is 1. The third kappa shape index (κ3) is 3.63. The number of benzene rings is 1. The fraction of sp³-hybridized carbons (Fsp3) is 0.381. The van der Waals surface area contributed by atoms with Crippen LogP contribution in [0.25, 0.3) is 5.65 Å². The van der Waals surface area contributed by atoms with E-state index in [1.807, 2.05) is 31.4 Å². The predicted molar refractivity (Wildman–Crippen MR) is 108 cm³/mol. The summed E-state index contributed by atoms with van der Waals surface area (Å²) in [4.78, 5) is 18.3.